The molecule has 19 heavy (non-hydrogen) atoms. The maximum atomic E-state index is 12.6. The number of nitrogens with zero attached hydrogens (tertiary/aromatic N) is 4. The van der Waals surface area contributed by atoms with Crippen molar-refractivity contribution in [3.05, 3.63) is 29.7 Å². The van der Waals surface area contributed by atoms with Crippen molar-refractivity contribution in [1.82, 2.24) is 19.7 Å². The van der Waals surface area contributed by atoms with Crippen LogP contribution in [0.1, 0.15) is 30.4 Å². The minimum atomic E-state index is -4.45. The highest BCUT2D eigenvalue weighted by Gasteiger charge is 2.33. The van der Waals surface area contributed by atoms with E-state index in [0.717, 1.165) is 18.9 Å². The first-order valence-corrected chi connectivity index (χ1v) is 5.93. The first-order chi connectivity index (χ1) is 8.95. The third-order valence-corrected chi connectivity index (χ3v) is 2.96. The van der Waals surface area contributed by atoms with E-state index in [1.165, 1.54) is 12.1 Å². The largest absolute Gasteiger partial charge is 0.433 e. The second-order valence-corrected chi connectivity index (χ2v) is 4.56. The highest BCUT2D eigenvalue weighted by atomic mass is 19.4. The van der Waals surface area contributed by atoms with Crippen molar-refractivity contribution in [2.24, 2.45) is 0 Å². The van der Waals surface area contributed by atoms with Crippen molar-refractivity contribution in [1.29, 1.82) is 0 Å². The topological polar surface area (TPSA) is 43.6 Å². The molecule has 1 aliphatic rings. The van der Waals surface area contributed by atoms with Crippen LogP contribution in [0.25, 0.3) is 11.5 Å². The van der Waals surface area contributed by atoms with Crippen molar-refractivity contribution in [3.8, 4) is 11.5 Å². The van der Waals surface area contributed by atoms with Gasteiger partial charge in [-0.3, -0.25) is 0 Å². The molecule has 100 valence electrons. The minimum Gasteiger partial charge on any atom is -0.247 e. The van der Waals surface area contributed by atoms with Crippen LogP contribution in [0.5, 0.6) is 0 Å². The molecule has 2 aromatic heterocycles. The lowest BCUT2D eigenvalue weighted by Crippen LogP contribution is -2.08. The van der Waals surface area contributed by atoms with Crippen molar-refractivity contribution in [2.75, 3.05) is 0 Å². The van der Waals surface area contributed by atoms with E-state index >= 15 is 0 Å². The van der Waals surface area contributed by atoms with Crippen LogP contribution < -0.4 is 0 Å². The van der Waals surface area contributed by atoms with E-state index in [9.17, 15) is 13.2 Å². The molecule has 0 aromatic carbocycles. The molecule has 0 saturated heterocycles. The highest BCUT2D eigenvalue weighted by Crippen LogP contribution is 2.35. The van der Waals surface area contributed by atoms with Crippen LogP contribution in [0.4, 0.5) is 13.2 Å². The van der Waals surface area contributed by atoms with E-state index < -0.39 is 11.9 Å². The number of hydrogen-bond acceptors (Lipinski definition) is 3. The Morgan fingerprint density at radius 1 is 1.21 bits per heavy atom. The van der Waals surface area contributed by atoms with Gasteiger partial charge in [0.25, 0.3) is 0 Å². The standard InChI is InChI=1S/C12H11F3N4/c1-7-16-11(18-19(7)8-5-6-8)9-3-2-4-10(17-9)12(13,14)15/h2-4,8H,5-6H2,1H3. The van der Waals surface area contributed by atoms with Crippen LogP contribution >= 0.6 is 0 Å². The molecule has 0 radical (unpaired) electrons. The van der Waals surface area contributed by atoms with E-state index in [-0.39, 0.29) is 11.5 Å². The van der Waals surface area contributed by atoms with Gasteiger partial charge in [0.2, 0.25) is 0 Å². The smallest absolute Gasteiger partial charge is 0.247 e. The van der Waals surface area contributed by atoms with Gasteiger partial charge in [0.15, 0.2) is 5.82 Å². The molecule has 0 amide bonds. The summed E-state index contributed by atoms with van der Waals surface area (Å²) in [5.41, 5.74) is -0.775. The molecular formula is C12H11F3N4. The van der Waals surface area contributed by atoms with Crippen LogP contribution in [0, 0.1) is 6.92 Å². The summed E-state index contributed by atoms with van der Waals surface area (Å²) < 4.78 is 39.6. The Bertz CT molecular complexity index is 614. The molecule has 1 aliphatic carbocycles. The van der Waals surface area contributed by atoms with Crippen LogP contribution in [-0.2, 0) is 6.18 Å². The number of hydrogen-bond donors (Lipinski definition) is 0. The Labute approximate surface area is 107 Å². The molecule has 3 rings (SSSR count). The van der Waals surface area contributed by atoms with E-state index in [0.29, 0.717) is 11.9 Å². The molecular weight excluding hydrogens is 257 g/mol. The summed E-state index contributed by atoms with van der Waals surface area (Å²) in [5, 5.41) is 4.24. The zero-order valence-electron chi connectivity index (χ0n) is 10.1. The molecule has 0 unspecified atom stereocenters. The van der Waals surface area contributed by atoms with Gasteiger partial charge in [-0.15, -0.1) is 5.10 Å². The van der Waals surface area contributed by atoms with E-state index in [4.69, 9.17) is 0 Å². The molecule has 2 heterocycles. The number of aromatic nitrogens is 4. The van der Waals surface area contributed by atoms with Crippen LogP contribution in [0.2, 0.25) is 0 Å². The predicted molar refractivity (Wildman–Crippen MR) is 61.3 cm³/mol. The molecule has 0 N–H and O–H groups in total. The van der Waals surface area contributed by atoms with Gasteiger partial charge in [-0.1, -0.05) is 6.07 Å². The lowest BCUT2D eigenvalue weighted by atomic mass is 10.3. The van der Waals surface area contributed by atoms with Crippen molar-refractivity contribution in [2.45, 2.75) is 32.0 Å². The third-order valence-electron chi connectivity index (χ3n) is 2.96. The molecule has 0 spiro atoms. The molecule has 7 heteroatoms. The van der Waals surface area contributed by atoms with Gasteiger partial charge >= 0.3 is 6.18 Å². The SMILES string of the molecule is Cc1nc(-c2cccc(C(F)(F)F)n2)nn1C1CC1. The number of pyridine rings is 1. The van der Waals surface area contributed by atoms with Gasteiger partial charge < -0.3 is 0 Å². The fraction of sp³-hybridized carbons (Fsp3) is 0.417. The monoisotopic (exact) mass is 268 g/mol. The summed E-state index contributed by atoms with van der Waals surface area (Å²) in [6.45, 7) is 1.79. The zero-order valence-corrected chi connectivity index (χ0v) is 10.1. The predicted octanol–water partition coefficient (Wildman–Crippen LogP) is 3.00. The average molecular weight is 268 g/mol. The second kappa shape index (κ2) is 4.04. The fourth-order valence-corrected chi connectivity index (χ4v) is 1.89. The Morgan fingerprint density at radius 3 is 2.58 bits per heavy atom. The molecule has 1 fully saturated rings. The Kier molecular flexibility index (Phi) is 2.58. The summed E-state index contributed by atoms with van der Waals surface area (Å²) in [6, 6.07) is 4.08. The molecule has 2 aromatic rings. The van der Waals surface area contributed by atoms with E-state index in [2.05, 4.69) is 15.1 Å². The zero-order chi connectivity index (χ0) is 13.6. The van der Waals surface area contributed by atoms with Crippen molar-refractivity contribution >= 4 is 0 Å². The van der Waals surface area contributed by atoms with Gasteiger partial charge in [0.1, 0.15) is 17.2 Å². The van der Waals surface area contributed by atoms with Crippen LogP contribution in [0.15, 0.2) is 18.2 Å². The first-order valence-electron chi connectivity index (χ1n) is 5.93. The molecule has 1 saturated carbocycles. The highest BCUT2D eigenvalue weighted by molar-refractivity contribution is 5.49. The molecule has 0 atom stereocenters. The Hall–Kier alpha value is -1.92. The van der Waals surface area contributed by atoms with Gasteiger partial charge in [-0.05, 0) is 31.9 Å². The summed E-state index contributed by atoms with van der Waals surface area (Å²) >= 11 is 0. The lowest BCUT2D eigenvalue weighted by Gasteiger charge is -2.05. The number of alkyl halides is 3. The van der Waals surface area contributed by atoms with Crippen molar-refractivity contribution in [3.63, 3.8) is 0 Å². The van der Waals surface area contributed by atoms with Gasteiger partial charge in [0, 0.05) is 0 Å². The maximum absolute atomic E-state index is 12.6. The lowest BCUT2D eigenvalue weighted by molar-refractivity contribution is -0.141. The first kappa shape index (κ1) is 12.1. The van der Waals surface area contributed by atoms with Crippen molar-refractivity contribution < 1.29 is 13.2 Å². The van der Waals surface area contributed by atoms with E-state index in [1.54, 1.807) is 11.6 Å². The summed E-state index contributed by atoms with van der Waals surface area (Å²) in [6.07, 6.45) is -2.37. The second-order valence-electron chi connectivity index (χ2n) is 4.56. The van der Waals surface area contributed by atoms with Gasteiger partial charge in [0.05, 0.1) is 6.04 Å². The Balaban J connectivity index is 2.00. The normalized spacial score (nSPS) is 15.8. The number of halogens is 3. The molecule has 4 nitrogen and oxygen atoms in total. The van der Waals surface area contributed by atoms with E-state index in [1.807, 2.05) is 0 Å². The molecule has 0 aliphatic heterocycles. The Morgan fingerprint density at radius 2 is 1.95 bits per heavy atom. The van der Waals surface area contributed by atoms with Crippen LogP contribution in [-0.4, -0.2) is 19.7 Å². The fourth-order valence-electron chi connectivity index (χ4n) is 1.89. The quantitative estimate of drug-likeness (QED) is 0.841. The maximum Gasteiger partial charge on any atom is 0.433 e. The minimum absolute atomic E-state index is 0.150. The average Bonchev–Trinajstić information content (AvgIpc) is 3.12. The van der Waals surface area contributed by atoms with Gasteiger partial charge in [-0.2, -0.15) is 13.2 Å². The molecule has 0 bridgehead atoms. The summed E-state index contributed by atoms with van der Waals surface area (Å²) in [7, 11) is 0. The van der Waals surface area contributed by atoms with Crippen LogP contribution in [0.3, 0.4) is 0 Å². The number of rotatable bonds is 2. The van der Waals surface area contributed by atoms with Gasteiger partial charge in [-0.25, -0.2) is 14.6 Å². The summed E-state index contributed by atoms with van der Waals surface area (Å²) in [5.74, 6) is 0.951. The number of aryl methyl sites for hydroxylation is 1. The summed E-state index contributed by atoms with van der Waals surface area (Å²) in [4.78, 5) is 7.77. The third kappa shape index (κ3) is 2.32.